The number of halogens is 1. The third kappa shape index (κ3) is 1.42. The maximum Gasteiger partial charge on any atom is 0.0239 e. The van der Waals surface area contributed by atoms with Gasteiger partial charge in [0, 0.05) is 4.47 Å². The summed E-state index contributed by atoms with van der Waals surface area (Å²) in [5, 5.41) is 0. The first-order valence-corrected chi connectivity index (χ1v) is 6.77. The van der Waals surface area contributed by atoms with Crippen molar-refractivity contribution in [3.8, 4) is 11.1 Å². The molecule has 0 unspecified atom stereocenters. The van der Waals surface area contributed by atoms with Crippen LogP contribution < -0.4 is 0 Å². The Labute approximate surface area is 111 Å². The Morgan fingerprint density at radius 1 is 0.941 bits per heavy atom. The lowest BCUT2D eigenvalue weighted by Crippen LogP contribution is -1.95. The molecule has 0 fully saturated rings. The van der Waals surface area contributed by atoms with Crippen LogP contribution in [0.3, 0.4) is 0 Å². The van der Waals surface area contributed by atoms with E-state index in [-0.39, 0.29) is 0 Å². The Morgan fingerprint density at radius 2 is 1.65 bits per heavy atom. The van der Waals surface area contributed by atoms with Gasteiger partial charge in [0.2, 0.25) is 0 Å². The molecule has 0 aliphatic heterocycles. The molecule has 86 valence electrons. The summed E-state index contributed by atoms with van der Waals surface area (Å²) in [5.74, 6) is 0. The molecule has 0 spiro atoms. The van der Waals surface area contributed by atoms with E-state index in [4.69, 9.17) is 0 Å². The van der Waals surface area contributed by atoms with Gasteiger partial charge in [-0.2, -0.15) is 0 Å². The molecule has 0 amide bonds. The minimum Gasteiger partial charge on any atom is -0.0619 e. The van der Waals surface area contributed by atoms with Crippen LogP contribution in [0.2, 0.25) is 0 Å². The first-order chi connectivity index (χ1) is 8.11. The highest BCUT2D eigenvalue weighted by Crippen LogP contribution is 2.44. The summed E-state index contributed by atoms with van der Waals surface area (Å²) in [4.78, 5) is 0. The summed E-state index contributed by atoms with van der Waals surface area (Å²) >= 11 is 3.73. The molecular formula is C16H15Br. The van der Waals surface area contributed by atoms with Crippen LogP contribution in [0.4, 0.5) is 0 Å². The van der Waals surface area contributed by atoms with Gasteiger partial charge < -0.3 is 0 Å². The summed E-state index contributed by atoms with van der Waals surface area (Å²) in [6.07, 6.45) is 1.08. The number of fused-ring (bicyclic) bond motifs is 3. The minimum absolute atomic E-state index is 1.08. The molecule has 2 aromatic carbocycles. The summed E-state index contributed by atoms with van der Waals surface area (Å²) < 4.78 is 1.28. The topological polar surface area (TPSA) is 0 Å². The fourth-order valence-corrected chi connectivity index (χ4v) is 3.41. The molecule has 0 bridgehead atoms. The molecule has 17 heavy (non-hydrogen) atoms. The van der Waals surface area contributed by atoms with Crippen LogP contribution in [0.25, 0.3) is 11.1 Å². The second kappa shape index (κ2) is 3.71. The van der Waals surface area contributed by atoms with E-state index in [1.165, 1.54) is 43.4 Å². The van der Waals surface area contributed by atoms with Crippen molar-refractivity contribution in [2.75, 3.05) is 0 Å². The quantitative estimate of drug-likeness (QED) is 0.549. The fourth-order valence-electron chi connectivity index (χ4n) is 2.87. The Kier molecular flexibility index (Phi) is 2.41. The maximum atomic E-state index is 3.73. The van der Waals surface area contributed by atoms with Crippen molar-refractivity contribution in [3.63, 3.8) is 0 Å². The minimum atomic E-state index is 1.08. The van der Waals surface area contributed by atoms with Crippen LogP contribution in [-0.2, 0) is 6.42 Å². The van der Waals surface area contributed by atoms with Crippen LogP contribution in [0.1, 0.15) is 27.8 Å². The van der Waals surface area contributed by atoms with Gasteiger partial charge in [0.25, 0.3) is 0 Å². The Morgan fingerprint density at radius 3 is 2.41 bits per heavy atom. The zero-order valence-corrected chi connectivity index (χ0v) is 12.0. The molecule has 0 nitrogen and oxygen atoms in total. The first-order valence-electron chi connectivity index (χ1n) is 5.97. The Bertz CT molecular complexity index is 624. The van der Waals surface area contributed by atoms with E-state index in [0.717, 1.165) is 6.42 Å². The molecule has 1 aliphatic rings. The van der Waals surface area contributed by atoms with Gasteiger partial charge in [0.05, 0.1) is 0 Å². The van der Waals surface area contributed by atoms with E-state index in [2.05, 4.69) is 61.0 Å². The van der Waals surface area contributed by atoms with Crippen molar-refractivity contribution in [2.45, 2.75) is 27.2 Å². The number of benzene rings is 2. The lowest BCUT2D eigenvalue weighted by Gasteiger charge is -2.14. The van der Waals surface area contributed by atoms with Crippen molar-refractivity contribution >= 4 is 15.9 Å². The average molecular weight is 287 g/mol. The third-order valence-electron chi connectivity index (χ3n) is 4.00. The molecule has 0 N–H and O–H groups in total. The predicted octanol–water partition coefficient (Wildman–Crippen LogP) is 4.95. The smallest absolute Gasteiger partial charge is 0.0239 e. The normalized spacial score (nSPS) is 12.5. The third-order valence-corrected chi connectivity index (χ3v) is 5.19. The van der Waals surface area contributed by atoms with Crippen LogP contribution in [0.15, 0.2) is 28.7 Å². The van der Waals surface area contributed by atoms with Gasteiger partial charge in [-0.15, -0.1) is 0 Å². The summed E-state index contributed by atoms with van der Waals surface area (Å²) in [7, 11) is 0. The second-order valence-electron chi connectivity index (χ2n) is 4.88. The second-order valence-corrected chi connectivity index (χ2v) is 5.67. The number of hydrogen-bond acceptors (Lipinski definition) is 0. The monoisotopic (exact) mass is 286 g/mol. The van der Waals surface area contributed by atoms with Gasteiger partial charge >= 0.3 is 0 Å². The van der Waals surface area contributed by atoms with Crippen LogP contribution in [-0.4, -0.2) is 0 Å². The van der Waals surface area contributed by atoms with E-state index in [9.17, 15) is 0 Å². The highest BCUT2D eigenvalue weighted by Gasteiger charge is 2.24. The summed E-state index contributed by atoms with van der Waals surface area (Å²) in [6.45, 7) is 6.66. The van der Waals surface area contributed by atoms with Crippen molar-refractivity contribution in [1.29, 1.82) is 0 Å². The molecule has 2 aromatic rings. The van der Waals surface area contributed by atoms with E-state index in [0.29, 0.717) is 0 Å². The molecule has 0 atom stereocenters. The van der Waals surface area contributed by atoms with Crippen molar-refractivity contribution in [3.05, 3.63) is 56.6 Å². The lowest BCUT2D eigenvalue weighted by molar-refractivity contribution is 1.17. The largest absolute Gasteiger partial charge is 0.0619 e. The molecule has 0 saturated carbocycles. The average Bonchev–Trinajstić information content (AvgIpc) is 2.73. The molecule has 0 radical (unpaired) electrons. The molecule has 1 aliphatic carbocycles. The number of rotatable bonds is 0. The van der Waals surface area contributed by atoms with Crippen molar-refractivity contribution in [2.24, 2.45) is 0 Å². The van der Waals surface area contributed by atoms with Crippen LogP contribution >= 0.6 is 15.9 Å². The molecule has 1 heteroatoms. The Balaban J connectivity index is 2.41. The fraction of sp³-hybridized carbons (Fsp3) is 0.250. The highest BCUT2D eigenvalue weighted by molar-refractivity contribution is 9.10. The van der Waals surface area contributed by atoms with E-state index in [1.54, 1.807) is 0 Å². The van der Waals surface area contributed by atoms with Gasteiger partial charge in [-0.05, 0) is 66.1 Å². The predicted molar refractivity (Wildman–Crippen MR) is 76.6 cm³/mol. The molecule has 0 aromatic heterocycles. The standard InChI is InChI=1S/C16H15Br/c1-9-10(2)16(17)11(3)14-8-12-6-4-5-7-13(12)15(9)14/h4-7H,8H2,1-3H3. The van der Waals surface area contributed by atoms with E-state index in [1.807, 2.05) is 0 Å². The van der Waals surface area contributed by atoms with Gasteiger partial charge in [-0.1, -0.05) is 40.2 Å². The van der Waals surface area contributed by atoms with Crippen LogP contribution in [0, 0.1) is 20.8 Å². The SMILES string of the molecule is Cc1c(C)c2c(c(C)c1Br)Cc1ccccc1-2. The highest BCUT2D eigenvalue weighted by atomic mass is 79.9. The lowest BCUT2D eigenvalue weighted by atomic mass is 9.93. The molecule has 3 rings (SSSR count). The van der Waals surface area contributed by atoms with Gasteiger partial charge in [-0.25, -0.2) is 0 Å². The van der Waals surface area contributed by atoms with Gasteiger partial charge in [0.1, 0.15) is 0 Å². The molecule has 0 heterocycles. The van der Waals surface area contributed by atoms with Gasteiger partial charge in [-0.3, -0.25) is 0 Å². The molecule has 0 saturated heterocycles. The Hall–Kier alpha value is -1.08. The van der Waals surface area contributed by atoms with Crippen molar-refractivity contribution in [1.82, 2.24) is 0 Å². The van der Waals surface area contributed by atoms with E-state index < -0.39 is 0 Å². The van der Waals surface area contributed by atoms with Gasteiger partial charge in [0.15, 0.2) is 0 Å². The maximum absolute atomic E-state index is 3.73. The molecular weight excluding hydrogens is 272 g/mol. The zero-order chi connectivity index (χ0) is 12.2. The summed E-state index contributed by atoms with van der Waals surface area (Å²) in [6, 6.07) is 8.77. The van der Waals surface area contributed by atoms with Crippen LogP contribution in [0.5, 0.6) is 0 Å². The first kappa shape index (κ1) is 11.0. The number of hydrogen-bond donors (Lipinski definition) is 0. The summed E-state index contributed by atoms with van der Waals surface area (Å²) in [5.41, 5.74) is 10.1. The van der Waals surface area contributed by atoms with Crippen molar-refractivity contribution < 1.29 is 0 Å². The van der Waals surface area contributed by atoms with E-state index >= 15 is 0 Å². The zero-order valence-electron chi connectivity index (χ0n) is 10.4.